The Morgan fingerprint density at radius 1 is 1.02 bits per heavy atom. The molecule has 0 saturated carbocycles. The molecule has 0 bridgehead atoms. The SMILES string of the molecule is C#Cc1cc(C[C@@H](NC(=O)N2CCC(N3CCc4cscc4NC3=O)CC2)C(=O)N2CCC(N3CCCN(C)CC3)CC2)cc(Cl)c1N. The zero-order chi connectivity index (χ0) is 33.8. The zero-order valence-electron chi connectivity index (χ0n) is 27.8. The zero-order valence-corrected chi connectivity index (χ0v) is 29.3. The summed E-state index contributed by atoms with van der Waals surface area (Å²) in [5.74, 6) is 2.48. The van der Waals surface area contributed by atoms with Gasteiger partial charge in [-0.3, -0.25) is 9.69 Å². The highest BCUT2D eigenvalue weighted by molar-refractivity contribution is 7.08. The summed E-state index contributed by atoms with van der Waals surface area (Å²) >= 11 is 8.01. The number of carbonyl (C=O) groups excluding carboxylic acids is 3. The molecule has 0 unspecified atom stereocenters. The molecule has 4 aliphatic heterocycles. The van der Waals surface area contributed by atoms with Gasteiger partial charge in [-0.25, -0.2) is 9.59 Å². The maximum atomic E-state index is 14.1. The van der Waals surface area contributed by atoms with Gasteiger partial charge in [-0.15, -0.1) is 17.8 Å². The first-order valence-corrected chi connectivity index (χ1v) is 18.5. The van der Waals surface area contributed by atoms with Crippen LogP contribution in [-0.4, -0.2) is 127 Å². The Morgan fingerprint density at radius 2 is 1.75 bits per heavy atom. The van der Waals surface area contributed by atoms with E-state index < -0.39 is 6.04 Å². The number of piperidine rings is 2. The van der Waals surface area contributed by atoms with Crippen LogP contribution in [0.1, 0.15) is 48.8 Å². The van der Waals surface area contributed by atoms with Crippen molar-refractivity contribution in [3.05, 3.63) is 44.6 Å². The summed E-state index contributed by atoms with van der Waals surface area (Å²) in [4.78, 5) is 51.4. The quantitative estimate of drug-likeness (QED) is 0.313. The smallest absolute Gasteiger partial charge is 0.322 e. The molecule has 3 fully saturated rings. The lowest BCUT2D eigenvalue weighted by Gasteiger charge is -2.40. The Balaban J connectivity index is 1.10. The molecule has 4 aliphatic rings. The van der Waals surface area contributed by atoms with Gasteiger partial charge in [-0.2, -0.15) is 0 Å². The van der Waals surface area contributed by atoms with Crippen molar-refractivity contribution in [1.29, 1.82) is 0 Å². The van der Waals surface area contributed by atoms with Crippen LogP contribution in [0.2, 0.25) is 5.02 Å². The number of carbonyl (C=O) groups is 3. The topological polar surface area (TPSA) is 117 Å². The summed E-state index contributed by atoms with van der Waals surface area (Å²) < 4.78 is 0. The number of nitrogens with two attached hydrogens (primary N) is 1. The van der Waals surface area contributed by atoms with Gasteiger partial charge in [0, 0.05) is 75.3 Å². The fourth-order valence-corrected chi connectivity index (χ4v) is 8.64. The lowest BCUT2D eigenvalue weighted by molar-refractivity contribution is -0.134. The molecule has 0 aliphatic carbocycles. The molecule has 13 heteroatoms. The van der Waals surface area contributed by atoms with E-state index in [1.54, 1.807) is 28.4 Å². The summed E-state index contributed by atoms with van der Waals surface area (Å²) in [5, 5.41) is 10.5. The Morgan fingerprint density at radius 3 is 2.50 bits per heavy atom. The van der Waals surface area contributed by atoms with Crippen molar-refractivity contribution in [1.82, 2.24) is 29.8 Å². The summed E-state index contributed by atoms with van der Waals surface area (Å²) in [6.45, 7) is 7.26. The maximum Gasteiger partial charge on any atom is 0.322 e. The van der Waals surface area contributed by atoms with Crippen molar-refractivity contribution in [3.63, 3.8) is 0 Å². The molecule has 0 radical (unpaired) electrons. The largest absolute Gasteiger partial charge is 0.397 e. The molecule has 0 spiro atoms. The predicted molar refractivity (Wildman–Crippen MR) is 191 cm³/mol. The molecule has 11 nitrogen and oxygen atoms in total. The molecular weight excluding hydrogens is 648 g/mol. The standard InChI is InChI=1S/C35H47ClN8O3S/c1-3-25-19-24(20-29(36)32(25)37)21-30(33(45)42-12-6-27(7-13-42)41-11-4-10-40(2)17-18-41)38-34(46)43-14-8-28(9-15-43)44-16-5-26-22-48-23-31(26)39-35(44)47/h1,19-20,22-23,27-28,30H,4-18,21,37H2,2H3,(H,38,46)(H,39,47)/t30-/m1/s1. The van der Waals surface area contributed by atoms with E-state index in [2.05, 4.69) is 38.8 Å². The summed E-state index contributed by atoms with van der Waals surface area (Å²) in [6, 6.07) is 2.85. The molecule has 5 amide bonds. The number of amides is 5. The van der Waals surface area contributed by atoms with E-state index in [-0.39, 0.29) is 30.4 Å². The van der Waals surface area contributed by atoms with Crippen LogP contribution in [0, 0.1) is 12.3 Å². The van der Waals surface area contributed by atoms with Gasteiger partial charge in [0.1, 0.15) is 6.04 Å². The number of hydrogen-bond donors (Lipinski definition) is 3. The second kappa shape index (κ2) is 15.4. The Hall–Kier alpha value is -3.50. The Kier molecular flexibility index (Phi) is 11.0. The number of urea groups is 2. The number of fused-ring (bicyclic) bond motifs is 1. The van der Waals surface area contributed by atoms with Gasteiger partial charge in [0.25, 0.3) is 0 Å². The molecule has 3 saturated heterocycles. The van der Waals surface area contributed by atoms with E-state index in [1.807, 2.05) is 15.2 Å². The number of nitrogens with one attached hydrogen (secondary N) is 2. The van der Waals surface area contributed by atoms with Crippen LogP contribution >= 0.6 is 22.9 Å². The molecule has 5 heterocycles. The lowest BCUT2D eigenvalue weighted by Crippen LogP contribution is -2.57. The molecule has 4 N–H and O–H groups in total. The van der Waals surface area contributed by atoms with Gasteiger partial charge in [0.2, 0.25) is 5.91 Å². The first-order chi connectivity index (χ1) is 23.2. The van der Waals surface area contributed by atoms with Crippen molar-refractivity contribution >= 4 is 52.3 Å². The average molecular weight is 695 g/mol. The van der Waals surface area contributed by atoms with Gasteiger partial charge in [-0.05, 0) is 87.3 Å². The highest BCUT2D eigenvalue weighted by atomic mass is 35.5. The van der Waals surface area contributed by atoms with Crippen molar-refractivity contribution in [2.75, 3.05) is 77.0 Å². The number of nitrogens with zero attached hydrogens (tertiary/aromatic N) is 5. The number of likely N-dealkylation sites (tertiary alicyclic amines) is 2. The molecular formula is C35H47ClN8O3S. The lowest BCUT2D eigenvalue weighted by atomic mass is 9.98. The molecule has 48 heavy (non-hydrogen) atoms. The third-order valence-electron chi connectivity index (χ3n) is 10.5. The first kappa shape index (κ1) is 34.4. The van der Waals surface area contributed by atoms with Crippen LogP contribution in [0.4, 0.5) is 21.0 Å². The first-order valence-electron chi connectivity index (χ1n) is 17.1. The fraction of sp³-hybridized carbons (Fsp3) is 0.571. The highest BCUT2D eigenvalue weighted by Crippen LogP contribution is 2.28. The molecule has 1 atom stereocenters. The van der Waals surface area contributed by atoms with E-state index in [0.29, 0.717) is 67.9 Å². The molecule has 2 aromatic rings. The van der Waals surface area contributed by atoms with E-state index in [9.17, 15) is 14.4 Å². The minimum Gasteiger partial charge on any atom is -0.397 e. The number of hydrogen-bond acceptors (Lipinski definition) is 7. The van der Waals surface area contributed by atoms with Crippen molar-refractivity contribution in [2.45, 2.75) is 63.1 Å². The van der Waals surface area contributed by atoms with Crippen molar-refractivity contribution < 1.29 is 14.4 Å². The van der Waals surface area contributed by atoms with Gasteiger partial charge < -0.3 is 36.0 Å². The monoisotopic (exact) mass is 694 g/mol. The minimum absolute atomic E-state index is 0.0455. The number of anilines is 2. The van der Waals surface area contributed by atoms with Crippen LogP contribution in [0.25, 0.3) is 0 Å². The van der Waals surface area contributed by atoms with Gasteiger partial charge in [-0.1, -0.05) is 17.5 Å². The van der Waals surface area contributed by atoms with Crippen molar-refractivity contribution in [2.24, 2.45) is 0 Å². The number of benzene rings is 1. The van der Waals surface area contributed by atoms with E-state index in [4.69, 9.17) is 23.8 Å². The highest BCUT2D eigenvalue weighted by Gasteiger charge is 2.35. The summed E-state index contributed by atoms with van der Waals surface area (Å²) in [7, 11) is 2.18. The number of thiophene rings is 1. The molecule has 258 valence electrons. The third-order valence-corrected chi connectivity index (χ3v) is 11.6. The predicted octanol–water partition coefficient (Wildman–Crippen LogP) is 3.77. The van der Waals surface area contributed by atoms with E-state index in [0.717, 1.165) is 63.1 Å². The van der Waals surface area contributed by atoms with Crippen molar-refractivity contribution in [3.8, 4) is 12.3 Å². The number of likely N-dealkylation sites (N-methyl/N-ethyl adjacent to an activating group) is 1. The Bertz CT molecular complexity index is 1530. The van der Waals surface area contributed by atoms with Crippen LogP contribution in [0.15, 0.2) is 22.9 Å². The van der Waals surface area contributed by atoms with Crippen LogP contribution < -0.4 is 16.4 Å². The summed E-state index contributed by atoms with van der Waals surface area (Å²) in [5.41, 5.74) is 9.68. The van der Waals surface area contributed by atoms with Crippen LogP contribution in [0.3, 0.4) is 0 Å². The molecule has 1 aromatic heterocycles. The third kappa shape index (κ3) is 7.86. The molecule has 1 aromatic carbocycles. The van der Waals surface area contributed by atoms with E-state index in [1.165, 1.54) is 5.56 Å². The number of halogens is 1. The van der Waals surface area contributed by atoms with E-state index >= 15 is 0 Å². The van der Waals surface area contributed by atoms with Crippen LogP contribution in [-0.2, 0) is 17.6 Å². The average Bonchev–Trinajstić information content (AvgIpc) is 3.32. The molecule has 6 rings (SSSR count). The Labute approximate surface area is 292 Å². The maximum absolute atomic E-state index is 14.1. The minimum atomic E-state index is -0.792. The van der Waals surface area contributed by atoms with Crippen LogP contribution in [0.5, 0.6) is 0 Å². The number of rotatable bonds is 6. The number of terminal acetylenes is 1. The second-order valence-corrected chi connectivity index (χ2v) is 14.7. The summed E-state index contributed by atoms with van der Waals surface area (Å²) in [6.07, 6.45) is 11.1. The van der Waals surface area contributed by atoms with Gasteiger partial charge in [0.15, 0.2) is 0 Å². The second-order valence-electron chi connectivity index (χ2n) is 13.5. The van der Waals surface area contributed by atoms with Gasteiger partial charge in [0.05, 0.1) is 16.4 Å². The number of nitrogen functional groups attached to an aromatic ring is 1. The normalized spacial score (nSPS) is 21.1. The fourth-order valence-electron chi connectivity index (χ4n) is 7.58. The van der Waals surface area contributed by atoms with Gasteiger partial charge >= 0.3 is 12.1 Å².